The Kier molecular flexibility index (Phi) is 5.83. The molecule has 3 rings (SSSR count). The topological polar surface area (TPSA) is 29.1 Å². The van der Waals surface area contributed by atoms with Gasteiger partial charge in [0.05, 0.1) is 0 Å². The fourth-order valence-corrected chi connectivity index (χ4v) is 4.38. The molecule has 1 aliphatic carbocycles. The first-order valence-electron chi connectivity index (χ1n) is 9.25. The second-order valence-corrected chi connectivity index (χ2v) is 7.76. The standard InChI is InChI=1S/C23H26ClNO/c1-3-4-14-23(16-25-22(26)18-10-6-5-7-11-18)15-21(24)17(2)19-12-8-9-13-20(19)23/h3-13,17,21H,14-16H2,1-2H3,(H,25,26)/b4-3+/t17-,21-,23+/m1/s1. The highest BCUT2D eigenvalue weighted by atomic mass is 35.5. The summed E-state index contributed by atoms with van der Waals surface area (Å²) in [6.45, 7) is 4.81. The summed E-state index contributed by atoms with van der Waals surface area (Å²) in [4.78, 5) is 12.6. The molecule has 0 fully saturated rings. The minimum atomic E-state index is -0.174. The number of benzene rings is 2. The van der Waals surface area contributed by atoms with Crippen molar-refractivity contribution in [1.29, 1.82) is 0 Å². The molecule has 136 valence electrons. The van der Waals surface area contributed by atoms with Gasteiger partial charge in [0.1, 0.15) is 0 Å². The summed E-state index contributed by atoms with van der Waals surface area (Å²) in [5.74, 6) is 0.282. The quantitative estimate of drug-likeness (QED) is 0.553. The average Bonchev–Trinajstić information content (AvgIpc) is 2.69. The molecule has 1 aliphatic rings. The third-order valence-corrected chi connectivity index (χ3v) is 6.05. The van der Waals surface area contributed by atoms with Crippen LogP contribution >= 0.6 is 11.6 Å². The third-order valence-electron chi connectivity index (χ3n) is 5.52. The Bertz CT molecular complexity index is 786. The zero-order valence-corrected chi connectivity index (χ0v) is 16.2. The van der Waals surface area contributed by atoms with Crippen LogP contribution in [-0.4, -0.2) is 17.8 Å². The van der Waals surface area contributed by atoms with Gasteiger partial charge in [-0.3, -0.25) is 4.79 Å². The third kappa shape index (κ3) is 3.71. The molecular weight excluding hydrogens is 342 g/mol. The molecule has 2 aromatic rings. The van der Waals surface area contributed by atoms with E-state index < -0.39 is 0 Å². The summed E-state index contributed by atoms with van der Waals surface area (Å²) in [5.41, 5.74) is 3.13. The molecule has 0 unspecified atom stereocenters. The van der Waals surface area contributed by atoms with E-state index in [2.05, 4.69) is 48.7 Å². The Morgan fingerprint density at radius 3 is 2.62 bits per heavy atom. The molecule has 0 aromatic heterocycles. The second-order valence-electron chi connectivity index (χ2n) is 7.20. The number of carbonyl (C=O) groups is 1. The predicted molar refractivity (Wildman–Crippen MR) is 109 cm³/mol. The molecule has 0 spiro atoms. The Morgan fingerprint density at radius 1 is 1.19 bits per heavy atom. The normalized spacial score (nSPS) is 25.0. The van der Waals surface area contributed by atoms with E-state index in [4.69, 9.17) is 11.6 Å². The molecule has 2 nitrogen and oxygen atoms in total. The number of rotatable bonds is 5. The van der Waals surface area contributed by atoms with E-state index in [1.807, 2.05) is 37.3 Å². The summed E-state index contributed by atoms with van der Waals surface area (Å²) < 4.78 is 0. The van der Waals surface area contributed by atoms with Crippen LogP contribution in [0.15, 0.2) is 66.7 Å². The van der Waals surface area contributed by atoms with Gasteiger partial charge in [-0.25, -0.2) is 0 Å². The van der Waals surface area contributed by atoms with Crippen LogP contribution in [0.25, 0.3) is 0 Å². The predicted octanol–water partition coefficient (Wildman–Crippen LogP) is 5.44. The molecule has 26 heavy (non-hydrogen) atoms. The van der Waals surface area contributed by atoms with E-state index in [0.717, 1.165) is 12.8 Å². The SMILES string of the molecule is C/C=C/C[C@@]1(CNC(=O)c2ccccc2)C[C@@H](Cl)[C@H](C)c2ccccc21. The van der Waals surface area contributed by atoms with Crippen LogP contribution in [0, 0.1) is 0 Å². The highest BCUT2D eigenvalue weighted by molar-refractivity contribution is 6.21. The molecule has 3 heteroatoms. The smallest absolute Gasteiger partial charge is 0.251 e. The van der Waals surface area contributed by atoms with Crippen molar-refractivity contribution in [3.8, 4) is 0 Å². The molecule has 1 N–H and O–H groups in total. The minimum absolute atomic E-state index is 0.0346. The van der Waals surface area contributed by atoms with Gasteiger partial charge in [0.2, 0.25) is 0 Å². The van der Waals surface area contributed by atoms with Crippen LogP contribution in [0.1, 0.15) is 54.1 Å². The number of carbonyl (C=O) groups excluding carboxylic acids is 1. The van der Waals surface area contributed by atoms with Gasteiger partial charge in [-0.2, -0.15) is 0 Å². The number of fused-ring (bicyclic) bond motifs is 1. The van der Waals surface area contributed by atoms with Crippen molar-refractivity contribution >= 4 is 17.5 Å². The number of hydrogen-bond donors (Lipinski definition) is 1. The van der Waals surface area contributed by atoms with Gasteiger partial charge < -0.3 is 5.32 Å². The number of allylic oxidation sites excluding steroid dienone is 2. The fraction of sp³-hybridized carbons (Fsp3) is 0.348. The molecule has 2 aromatic carbocycles. The highest BCUT2D eigenvalue weighted by Gasteiger charge is 2.42. The largest absolute Gasteiger partial charge is 0.351 e. The molecular formula is C23H26ClNO. The van der Waals surface area contributed by atoms with Crippen LogP contribution in [0.3, 0.4) is 0 Å². The summed E-state index contributed by atoms with van der Waals surface area (Å²) in [7, 11) is 0. The fourth-order valence-electron chi connectivity index (χ4n) is 3.95. The van der Waals surface area contributed by atoms with E-state index >= 15 is 0 Å². The minimum Gasteiger partial charge on any atom is -0.351 e. The summed E-state index contributed by atoms with van der Waals surface area (Å²) >= 11 is 6.75. The molecule has 0 heterocycles. The monoisotopic (exact) mass is 367 g/mol. The molecule has 0 saturated heterocycles. The Balaban J connectivity index is 1.92. The van der Waals surface area contributed by atoms with E-state index in [1.54, 1.807) is 0 Å². The molecule has 0 radical (unpaired) electrons. The first kappa shape index (κ1) is 18.7. The Labute approximate surface area is 161 Å². The van der Waals surface area contributed by atoms with Crippen LogP contribution < -0.4 is 5.32 Å². The lowest BCUT2D eigenvalue weighted by Crippen LogP contribution is -2.46. The zero-order valence-electron chi connectivity index (χ0n) is 15.4. The summed E-state index contributed by atoms with van der Waals surface area (Å²) in [6, 6.07) is 17.9. The van der Waals surface area contributed by atoms with Gasteiger partial charge in [0.25, 0.3) is 5.91 Å². The maximum atomic E-state index is 12.6. The van der Waals surface area contributed by atoms with Gasteiger partial charge in [-0.05, 0) is 48.9 Å². The maximum absolute atomic E-state index is 12.6. The van der Waals surface area contributed by atoms with Gasteiger partial charge in [0.15, 0.2) is 0 Å². The van der Waals surface area contributed by atoms with E-state index in [9.17, 15) is 4.79 Å². The van der Waals surface area contributed by atoms with Crippen molar-refractivity contribution in [2.24, 2.45) is 0 Å². The number of amides is 1. The van der Waals surface area contributed by atoms with Gasteiger partial charge in [-0.15, -0.1) is 11.6 Å². The molecule has 3 atom stereocenters. The number of halogens is 1. The molecule has 0 bridgehead atoms. The molecule has 0 aliphatic heterocycles. The van der Waals surface area contributed by atoms with Crippen LogP contribution in [0.4, 0.5) is 0 Å². The first-order valence-corrected chi connectivity index (χ1v) is 9.69. The lowest BCUT2D eigenvalue weighted by Gasteiger charge is -2.43. The lowest BCUT2D eigenvalue weighted by atomic mass is 9.65. The Hall–Kier alpha value is -2.06. The van der Waals surface area contributed by atoms with Crippen molar-refractivity contribution in [3.05, 3.63) is 83.4 Å². The van der Waals surface area contributed by atoms with E-state index in [0.29, 0.717) is 18.0 Å². The van der Waals surface area contributed by atoms with E-state index in [1.165, 1.54) is 11.1 Å². The molecule has 0 saturated carbocycles. The van der Waals surface area contributed by atoms with Crippen molar-refractivity contribution in [2.45, 2.75) is 43.4 Å². The van der Waals surface area contributed by atoms with Crippen molar-refractivity contribution in [3.63, 3.8) is 0 Å². The highest BCUT2D eigenvalue weighted by Crippen LogP contribution is 2.46. The van der Waals surface area contributed by atoms with Gasteiger partial charge >= 0.3 is 0 Å². The van der Waals surface area contributed by atoms with Crippen LogP contribution in [0.2, 0.25) is 0 Å². The van der Waals surface area contributed by atoms with Crippen LogP contribution in [0.5, 0.6) is 0 Å². The Morgan fingerprint density at radius 2 is 1.88 bits per heavy atom. The average molecular weight is 368 g/mol. The van der Waals surface area contributed by atoms with Gasteiger partial charge in [0, 0.05) is 22.9 Å². The van der Waals surface area contributed by atoms with E-state index in [-0.39, 0.29) is 16.7 Å². The van der Waals surface area contributed by atoms with Crippen molar-refractivity contribution < 1.29 is 4.79 Å². The maximum Gasteiger partial charge on any atom is 0.251 e. The summed E-state index contributed by atoms with van der Waals surface area (Å²) in [6.07, 6.45) is 5.98. The lowest BCUT2D eigenvalue weighted by molar-refractivity contribution is 0.0940. The number of alkyl halides is 1. The van der Waals surface area contributed by atoms with Crippen molar-refractivity contribution in [2.75, 3.05) is 6.54 Å². The van der Waals surface area contributed by atoms with Crippen LogP contribution in [-0.2, 0) is 5.41 Å². The zero-order chi connectivity index (χ0) is 18.6. The number of hydrogen-bond acceptors (Lipinski definition) is 1. The second kappa shape index (κ2) is 8.09. The first-order chi connectivity index (χ1) is 12.6. The molecule has 1 amide bonds. The summed E-state index contributed by atoms with van der Waals surface area (Å²) in [5, 5.41) is 3.22. The van der Waals surface area contributed by atoms with Crippen molar-refractivity contribution in [1.82, 2.24) is 5.32 Å². The number of nitrogens with one attached hydrogen (secondary N) is 1. The van der Waals surface area contributed by atoms with Gasteiger partial charge in [-0.1, -0.05) is 61.5 Å².